The van der Waals surface area contributed by atoms with Gasteiger partial charge in [-0.25, -0.2) is 17.7 Å². The fourth-order valence-corrected chi connectivity index (χ4v) is 4.32. The summed E-state index contributed by atoms with van der Waals surface area (Å²) in [5.41, 5.74) is -0.706. The zero-order chi connectivity index (χ0) is 18.2. The summed E-state index contributed by atoms with van der Waals surface area (Å²) in [5, 5.41) is 2.93. The molecule has 1 fully saturated rings. The van der Waals surface area contributed by atoms with Gasteiger partial charge in [0.1, 0.15) is 11.4 Å². The topological polar surface area (TPSA) is 93.5 Å². The van der Waals surface area contributed by atoms with E-state index in [-0.39, 0.29) is 5.91 Å². The molecule has 8 nitrogen and oxygen atoms in total. The summed E-state index contributed by atoms with van der Waals surface area (Å²) in [6, 6.07) is 0. The molecule has 0 aromatic carbocycles. The molecule has 1 unspecified atom stereocenters. The molecule has 0 radical (unpaired) electrons. The maximum Gasteiger partial charge on any atom is 0.251 e. The molecule has 0 bridgehead atoms. The van der Waals surface area contributed by atoms with Crippen molar-refractivity contribution in [3.8, 4) is 0 Å². The second-order valence-electron chi connectivity index (χ2n) is 7.31. The number of hydrogen-bond donors (Lipinski definition) is 1. The lowest BCUT2D eigenvalue weighted by Gasteiger charge is -2.45. The molecule has 1 atom stereocenters. The highest BCUT2D eigenvalue weighted by molar-refractivity contribution is 7.88. The Kier molecular flexibility index (Phi) is 4.91. The third-order valence-corrected chi connectivity index (χ3v) is 6.13. The van der Waals surface area contributed by atoms with Gasteiger partial charge in [-0.2, -0.15) is 0 Å². The van der Waals surface area contributed by atoms with Crippen LogP contribution in [0, 0.1) is 5.92 Å². The van der Waals surface area contributed by atoms with Crippen molar-refractivity contribution in [3.05, 3.63) is 18.2 Å². The van der Waals surface area contributed by atoms with Crippen LogP contribution in [0.3, 0.4) is 0 Å². The first-order valence-corrected chi connectivity index (χ1v) is 10.5. The van der Waals surface area contributed by atoms with Crippen molar-refractivity contribution in [1.29, 1.82) is 0 Å². The first kappa shape index (κ1) is 18.3. The summed E-state index contributed by atoms with van der Waals surface area (Å²) >= 11 is 0. The average molecular weight is 370 g/mol. The van der Waals surface area contributed by atoms with Crippen LogP contribution in [0.5, 0.6) is 0 Å². The van der Waals surface area contributed by atoms with E-state index in [1.807, 2.05) is 24.6 Å². The van der Waals surface area contributed by atoms with Crippen molar-refractivity contribution in [3.63, 3.8) is 0 Å². The number of carbonyl (C=O) groups is 1. The van der Waals surface area contributed by atoms with E-state index in [1.165, 1.54) is 10.6 Å². The average Bonchev–Trinajstić information content (AvgIpc) is 3.01. The minimum absolute atomic E-state index is 0.127. The lowest BCUT2D eigenvalue weighted by atomic mass is 9.89. The highest BCUT2D eigenvalue weighted by Gasteiger charge is 2.48. The monoisotopic (exact) mass is 370 g/mol. The lowest BCUT2D eigenvalue weighted by Crippen LogP contribution is -2.54. The molecule has 0 saturated carbocycles. The van der Waals surface area contributed by atoms with Crippen LogP contribution in [0.15, 0.2) is 12.4 Å². The summed E-state index contributed by atoms with van der Waals surface area (Å²) in [5.74, 6) is 1.02. The molecule has 1 amide bonds. The molecular weight excluding hydrogens is 344 g/mol. The van der Waals surface area contributed by atoms with Crippen LogP contribution in [-0.2, 0) is 31.7 Å². The van der Waals surface area contributed by atoms with E-state index in [4.69, 9.17) is 4.74 Å². The van der Waals surface area contributed by atoms with Gasteiger partial charge in [0, 0.05) is 32.0 Å². The third-order valence-electron chi connectivity index (χ3n) is 4.83. The molecule has 3 rings (SSSR count). The fraction of sp³-hybridized carbons (Fsp3) is 0.750. The number of rotatable bonds is 4. The molecule has 1 spiro atoms. The Hall–Kier alpha value is -1.45. The standard InChI is InChI=1S/C16H26N4O4S/c1-12(2)10-18-14(21)13-11-19-9-6-17-15(19)16(24-13)4-7-20(8-5-16)25(3,22)23/h6,9,12-13H,4-5,7-8,10-11H2,1-3H3,(H,18,21). The molecule has 0 aliphatic carbocycles. The number of nitrogens with one attached hydrogen (secondary N) is 1. The van der Waals surface area contributed by atoms with Gasteiger partial charge in [0.2, 0.25) is 10.0 Å². The van der Waals surface area contributed by atoms with Gasteiger partial charge in [-0.1, -0.05) is 13.8 Å². The predicted octanol–water partition coefficient (Wildman–Crippen LogP) is 0.305. The Morgan fingerprint density at radius 3 is 2.72 bits per heavy atom. The van der Waals surface area contributed by atoms with Gasteiger partial charge in [-0.05, 0) is 18.8 Å². The van der Waals surface area contributed by atoms with Crippen molar-refractivity contribution < 1.29 is 17.9 Å². The molecule has 1 aromatic heterocycles. The summed E-state index contributed by atoms with van der Waals surface area (Å²) in [4.78, 5) is 16.9. The molecule has 2 aliphatic rings. The first-order valence-electron chi connectivity index (χ1n) is 8.63. The van der Waals surface area contributed by atoms with Crippen molar-refractivity contribution in [2.45, 2.75) is 44.9 Å². The van der Waals surface area contributed by atoms with Crippen molar-refractivity contribution in [1.82, 2.24) is 19.2 Å². The van der Waals surface area contributed by atoms with E-state index >= 15 is 0 Å². The molecule has 9 heteroatoms. The number of fused-ring (bicyclic) bond motifs is 2. The second-order valence-corrected chi connectivity index (χ2v) is 9.29. The second kappa shape index (κ2) is 6.69. The molecule has 1 N–H and O–H groups in total. The van der Waals surface area contributed by atoms with E-state index in [1.54, 1.807) is 6.20 Å². The van der Waals surface area contributed by atoms with Crippen LogP contribution in [0.25, 0.3) is 0 Å². The third kappa shape index (κ3) is 3.73. The smallest absolute Gasteiger partial charge is 0.251 e. The van der Waals surface area contributed by atoms with E-state index in [0.29, 0.717) is 44.9 Å². The number of piperidine rings is 1. The van der Waals surface area contributed by atoms with Crippen LogP contribution in [0.1, 0.15) is 32.5 Å². The number of nitrogens with zero attached hydrogens (tertiary/aromatic N) is 3. The van der Waals surface area contributed by atoms with E-state index < -0.39 is 21.7 Å². The molecule has 140 valence electrons. The summed E-state index contributed by atoms with van der Waals surface area (Å²) < 4.78 is 33.2. The summed E-state index contributed by atoms with van der Waals surface area (Å²) in [6.45, 7) is 5.84. The Morgan fingerprint density at radius 1 is 1.44 bits per heavy atom. The van der Waals surface area contributed by atoms with Gasteiger partial charge in [0.15, 0.2) is 6.10 Å². The maximum atomic E-state index is 12.5. The highest BCUT2D eigenvalue weighted by atomic mass is 32.2. The molecule has 2 aliphatic heterocycles. The van der Waals surface area contributed by atoms with E-state index in [2.05, 4.69) is 10.3 Å². The van der Waals surface area contributed by atoms with Crippen molar-refractivity contribution in [2.75, 3.05) is 25.9 Å². The normalized spacial score (nSPS) is 23.6. The van der Waals surface area contributed by atoms with Gasteiger partial charge in [-0.15, -0.1) is 0 Å². The Labute approximate surface area is 148 Å². The Morgan fingerprint density at radius 2 is 2.12 bits per heavy atom. The van der Waals surface area contributed by atoms with Crippen LogP contribution in [0.2, 0.25) is 0 Å². The SMILES string of the molecule is CC(C)CNC(=O)C1Cn2ccnc2C2(CCN(S(C)(=O)=O)CC2)O1. The molecular formula is C16H26N4O4S. The Balaban J connectivity index is 1.79. The number of imidazole rings is 1. The number of carbonyl (C=O) groups excluding carboxylic acids is 1. The zero-order valence-corrected chi connectivity index (χ0v) is 15.8. The molecule has 3 heterocycles. The fourth-order valence-electron chi connectivity index (χ4n) is 3.47. The van der Waals surface area contributed by atoms with E-state index in [9.17, 15) is 13.2 Å². The van der Waals surface area contributed by atoms with Crippen LogP contribution < -0.4 is 5.32 Å². The number of ether oxygens (including phenoxy) is 1. The minimum Gasteiger partial charge on any atom is -0.354 e. The van der Waals surface area contributed by atoms with Gasteiger partial charge < -0.3 is 14.6 Å². The maximum absolute atomic E-state index is 12.5. The predicted molar refractivity (Wildman–Crippen MR) is 92.3 cm³/mol. The lowest BCUT2D eigenvalue weighted by molar-refractivity contribution is -0.170. The van der Waals surface area contributed by atoms with Crippen molar-refractivity contribution >= 4 is 15.9 Å². The largest absolute Gasteiger partial charge is 0.354 e. The van der Waals surface area contributed by atoms with Gasteiger partial charge in [0.25, 0.3) is 5.91 Å². The molecule has 1 aromatic rings. The van der Waals surface area contributed by atoms with Crippen LogP contribution in [-0.4, -0.2) is 60.2 Å². The zero-order valence-electron chi connectivity index (χ0n) is 14.9. The first-order chi connectivity index (χ1) is 11.7. The van der Waals surface area contributed by atoms with Crippen molar-refractivity contribution in [2.24, 2.45) is 5.92 Å². The number of hydrogen-bond acceptors (Lipinski definition) is 5. The summed E-state index contributed by atoms with van der Waals surface area (Å²) in [7, 11) is -3.22. The minimum atomic E-state index is -3.22. The number of amides is 1. The van der Waals surface area contributed by atoms with Gasteiger partial charge >= 0.3 is 0 Å². The molecule has 1 saturated heterocycles. The van der Waals surface area contributed by atoms with Gasteiger partial charge in [-0.3, -0.25) is 4.79 Å². The van der Waals surface area contributed by atoms with Gasteiger partial charge in [0.05, 0.1) is 12.8 Å². The van der Waals surface area contributed by atoms with Crippen LogP contribution in [0.4, 0.5) is 0 Å². The number of aromatic nitrogens is 2. The van der Waals surface area contributed by atoms with E-state index in [0.717, 1.165) is 5.82 Å². The molecule has 25 heavy (non-hydrogen) atoms. The number of sulfonamides is 1. The quantitative estimate of drug-likeness (QED) is 0.823. The Bertz CT molecular complexity index is 735. The summed E-state index contributed by atoms with van der Waals surface area (Å²) in [6.07, 6.45) is 5.17. The highest BCUT2D eigenvalue weighted by Crippen LogP contribution is 2.40. The van der Waals surface area contributed by atoms with Crippen LogP contribution >= 0.6 is 0 Å².